The molecule has 4 heterocycles. The first-order valence-corrected chi connectivity index (χ1v) is 10.4. The first-order chi connectivity index (χ1) is 13.2. The number of aromatic nitrogens is 1. The van der Waals surface area contributed by atoms with Gasteiger partial charge < -0.3 is 14.7 Å². The molecule has 0 unspecified atom stereocenters. The van der Waals surface area contributed by atoms with Gasteiger partial charge in [-0.2, -0.15) is 0 Å². The Balaban J connectivity index is 1.27. The van der Waals surface area contributed by atoms with Crippen molar-refractivity contribution in [3.63, 3.8) is 0 Å². The molecule has 0 radical (unpaired) electrons. The summed E-state index contributed by atoms with van der Waals surface area (Å²) in [5.41, 5.74) is 1.16. The van der Waals surface area contributed by atoms with Crippen LogP contribution in [0.15, 0.2) is 42.0 Å². The molecule has 0 aromatic carbocycles. The number of likely N-dealkylation sites (tertiary alicyclic amines) is 1. The molecule has 2 aliphatic heterocycles. The lowest BCUT2D eigenvalue weighted by atomic mass is 9.94. The third-order valence-electron chi connectivity index (χ3n) is 5.48. The van der Waals surface area contributed by atoms with E-state index in [0.29, 0.717) is 13.1 Å². The van der Waals surface area contributed by atoms with Crippen LogP contribution in [0.1, 0.15) is 22.5 Å². The van der Waals surface area contributed by atoms with Crippen LogP contribution in [0, 0.1) is 5.92 Å². The molecule has 7 heteroatoms. The number of pyridine rings is 1. The molecule has 2 saturated heterocycles. The summed E-state index contributed by atoms with van der Waals surface area (Å²) in [7, 11) is 0. The van der Waals surface area contributed by atoms with Crippen molar-refractivity contribution in [1.29, 1.82) is 0 Å². The number of piperidine rings is 1. The quantitative estimate of drug-likeness (QED) is 0.815. The summed E-state index contributed by atoms with van der Waals surface area (Å²) in [6, 6.07) is 7.79. The first kappa shape index (κ1) is 18.0. The fourth-order valence-corrected chi connectivity index (χ4v) is 4.57. The fourth-order valence-electron chi connectivity index (χ4n) is 3.88. The topological polar surface area (TPSA) is 56.8 Å². The number of thiophene rings is 1. The van der Waals surface area contributed by atoms with Gasteiger partial charge in [0.1, 0.15) is 0 Å². The summed E-state index contributed by atoms with van der Waals surface area (Å²) in [4.78, 5) is 36.4. The van der Waals surface area contributed by atoms with E-state index in [0.717, 1.165) is 49.6 Å². The maximum absolute atomic E-state index is 12.9. The summed E-state index contributed by atoms with van der Waals surface area (Å²) in [6.45, 7) is 4.57. The molecule has 2 fully saturated rings. The Morgan fingerprint density at radius 2 is 1.63 bits per heavy atom. The second kappa shape index (κ2) is 8.08. The van der Waals surface area contributed by atoms with Crippen LogP contribution in [0.25, 0.3) is 0 Å². The minimum Gasteiger partial charge on any atom is -0.368 e. The molecular weight excluding hydrogens is 360 g/mol. The van der Waals surface area contributed by atoms with Crippen LogP contribution in [0.2, 0.25) is 0 Å². The van der Waals surface area contributed by atoms with Gasteiger partial charge >= 0.3 is 0 Å². The van der Waals surface area contributed by atoms with Gasteiger partial charge in [0.05, 0.1) is 4.88 Å². The second-order valence-corrected chi connectivity index (χ2v) is 8.01. The normalized spacial score (nSPS) is 18.6. The van der Waals surface area contributed by atoms with E-state index in [4.69, 9.17) is 0 Å². The Kier molecular flexibility index (Phi) is 5.38. The molecule has 0 N–H and O–H groups in total. The Labute approximate surface area is 163 Å². The average Bonchev–Trinajstić information content (AvgIpc) is 3.28. The average molecular weight is 385 g/mol. The highest BCUT2D eigenvalue weighted by Gasteiger charge is 2.32. The fraction of sp³-hybridized carbons (Fsp3) is 0.450. The number of rotatable bonds is 3. The van der Waals surface area contributed by atoms with Gasteiger partial charge in [-0.3, -0.25) is 14.6 Å². The first-order valence-electron chi connectivity index (χ1n) is 9.49. The standard InChI is InChI=1S/C20H24N4O2S/c25-19(24-13-11-22(12-14-24)17-3-7-21-8-4-17)16-5-9-23(10-6-16)20(26)18-2-1-15-27-18/h1-4,7-8,15-16H,5-6,9-14H2. The lowest BCUT2D eigenvalue weighted by Gasteiger charge is -2.39. The third kappa shape index (κ3) is 3.98. The van der Waals surface area contributed by atoms with Gasteiger partial charge in [0.25, 0.3) is 5.91 Å². The number of nitrogens with zero attached hydrogens (tertiary/aromatic N) is 4. The van der Waals surface area contributed by atoms with Gasteiger partial charge in [0.15, 0.2) is 0 Å². The van der Waals surface area contributed by atoms with Gasteiger partial charge in [-0.15, -0.1) is 11.3 Å². The predicted molar refractivity (Wildman–Crippen MR) is 106 cm³/mol. The van der Waals surface area contributed by atoms with E-state index in [1.165, 1.54) is 11.3 Å². The Morgan fingerprint density at radius 1 is 0.926 bits per heavy atom. The number of anilines is 1. The Bertz CT molecular complexity index is 765. The minimum absolute atomic E-state index is 0.0462. The largest absolute Gasteiger partial charge is 0.368 e. The summed E-state index contributed by atoms with van der Waals surface area (Å²) in [5, 5.41) is 1.93. The van der Waals surface area contributed by atoms with E-state index in [1.807, 2.05) is 39.4 Å². The van der Waals surface area contributed by atoms with Crippen LogP contribution in [0.3, 0.4) is 0 Å². The maximum atomic E-state index is 12.9. The molecule has 142 valence electrons. The number of carbonyl (C=O) groups excluding carboxylic acids is 2. The molecule has 4 rings (SSSR count). The van der Waals surface area contributed by atoms with E-state index in [1.54, 1.807) is 12.4 Å². The van der Waals surface area contributed by atoms with Crippen molar-refractivity contribution in [2.75, 3.05) is 44.2 Å². The zero-order valence-corrected chi connectivity index (χ0v) is 16.1. The lowest BCUT2D eigenvalue weighted by Crippen LogP contribution is -2.52. The summed E-state index contributed by atoms with van der Waals surface area (Å²) < 4.78 is 0. The van der Waals surface area contributed by atoms with Crippen molar-refractivity contribution in [3.05, 3.63) is 46.9 Å². The maximum Gasteiger partial charge on any atom is 0.263 e. The van der Waals surface area contributed by atoms with Gasteiger partial charge in [-0.05, 0) is 36.4 Å². The molecule has 0 aliphatic carbocycles. The molecule has 6 nitrogen and oxygen atoms in total. The Morgan fingerprint density at radius 3 is 2.26 bits per heavy atom. The minimum atomic E-state index is 0.0462. The van der Waals surface area contributed by atoms with Gasteiger partial charge in [0.2, 0.25) is 5.91 Å². The zero-order chi connectivity index (χ0) is 18.6. The van der Waals surface area contributed by atoms with Crippen LogP contribution in [-0.2, 0) is 4.79 Å². The molecule has 0 bridgehead atoms. The highest BCUT2D eigenvalue weighted by atomic mass is 32.1. The molecule has 0 atom stereocenters. The van der Waals surface area contributed by atoms with Gasteiger partial charge in [-0.1, -0.05) is 6.07 Å². The van der Waals surface area contributed by atoms with Crippen LogP contribution in [0.4, 0.5) is 5.69 Å². The molecule has 0 saturated carbocycles. The molecule has 2 aromatic rings. The van der Waals surface area contributed by atoms with Crippen molar-refractivity contribution < 1.29 is 9.59 Å². The van der Waals surface area contributed by atoms with Crippen molar-refractivity contribution in [2.45, 2.75) is 12.8 Å². The zero-order valence-electron chi connectivity index (χ0n) is 15.3. The Hall–Kier alpha value is -2.41. The van der Waals surface area contributed by atoms with E-state index >= 15 is 0 Å². The SMILES string of the molecule is O=C(c1cccs1)N1CCC(C(=O)N2CCN(c3ccncc3)CC2)CC1. The number of piperazine rings is 1. The summed E-state index contributed by atoms with van der Waals surface area (Å²) in [5.74, 6) is 0.402. The van der Waals surface area contributed by atoms with E-state index < -0.39 is 0 Å². The third-order valence-corrected chi connectivity index (χ3v) is 6.34. The summed E-state index contributed by atoms with van der Waals surface area (Å²) >= 11 is 1.48. The number of hydrogen-bond acceptors (Lipinski definition) is 5. The predicted octanol–water partition coefficient (Wildman–Crippen LogP) is 2.34. The molecule has 2 aliphatic rings. The van der Waals surface area contributed by atoms with Gasteiger partial charge in [0, 0.05) is 63.3 Å². The van der Waals surface area contributed by atoms with E-state index in [2.05, 4.69) is 9.88 Å². The smallest absolute Gasteiger partial charge is 0.263 e. The van der Waals surface area contributed by atoms with Crippen molar-refractivity contribution >= 4 is 28.8 Å². The van der Waals surface area contributed by atoms with Crippen LogP contribution < -0.4 is 4.90 Å². The van der Waals surface area contributed by atoms with Crippen LogP contribution in [0.5, 0.6) is 0 Å². The van der Waals surface area contributed by atoms with Crippen LogP contribution in [-0.4, -0.2) is 65.9 Å². The highest BCUT2D eigenvalue weighted by molar-refractivity contribution is 7.12. The van der Waals surface area contributed by atoms with Crippen molar-refractivity contribution in [1.82, 2.24) is 14.8 Å². The monoisotopic (exact) mass is 384 g/mol. The summed E-state index contributed by atoms with van der Waals surface area (Å²) in [6.07, 6.45) is 5.14. The molecule has 2 aromatic heterocycles. The number of amides is 2. The molecular formula is C20H24N4O2S. The van der Waals surface area contributed by atoms with E-state index in [-0.39, 0.29) is 17.7 Å². The van der Waals surface area contributed by atoms with Gasteiger partial charge in [-0.25, -0.2) is 0 Å². The molecule has 2 amide bonds. The molecule has 27 heavy (non-hydrogen) atoms. The van der Waals surface area contributed by atoms with E-state index in [9.17, 15) is 9.59 Å². The lowest BCUT2D eigenvalue weighted by molar-refractivity contribution is -0.137. The number of carbonyl (C=O) groups is 2. The highest BCUT2D eigenvalue weighted by Crippen LogP contribution is 2.24. The second-order valence-electron chi connectivity index (χ2n) is 7.06. The number of hydrogen-bond donors (Lipinski definition) is 0. The van der Waals surface area contributed by atoms with Crippen LogP contribution >= 0.6 is 11.3 Å². The van der Waals surface area contributed by atoms with Crippen molar-refractivity contribution in [3.8, 4) is 0 Å². The van der Waals surface area contributed by atoms with Crippen molar-refractivity contribution in [2.24, 2.45) is 5.92 Å². The molecule has 0 spiro atoms.